The van der Waals surface area contributed by atoms with Gasteiger partial charge in [0.2, 0.25) is 5.91 Å². The first-order valence-electron chi connectivity index (χ1n) is 7.96. The van der Waals surface area contributed by atoms with Crippen LogP contribution in [0.4, 0.5) is 0 Å². The molecule has 2 heterocycles. The van der Waals surface area contributed by atoms with E-state index in [9.17, 15) is 4.79 Å². The summed E-state index contributed by atoms with van der Waals surface area (Å²) in [6.07, 6.45) is 6.40. The Bertz CT molecular complexity index is 593. The van der Waals surface area contributed by atoms with Crippen LogP contribution in [0.15, 0.2) is 17.8 Å². The lowest BCUT2D eigenvalue weighted by Crippen LogP contribution is -2.44. The number of carbonyl (C=O) groups is 1. The number of thiazole rings is 1. The molecule has 2 aromatic rings. The molecular weight excluding hydrogens is 294 g/mol. The molecule has 1 unspecified atom stereocenters. The van der Waals surface area contributed by atoms with Crippen molar-refractivity contribution in [2.45, 2.75) is 59.9 Å². The van der Waals surface area contributed by atoms with Gasteiger partial charge in [0, 0.05) is 23.8 Å². The van der Waals surface area contributed by atoms with Gasteiger partial charge in [0.15, 0.2) is 4.96 Å². The van der Waals surface area contributed by atoms with Crippen molar-refractivity contribution in [3.05, 3.63) is 23.5 Å². The molecule has 0 aromatic carbocycles. The number of nitrogens with one attached hydrogen (secondary N) is 1. The molecule has 4 nitrogen and oxygen atoms in total. The van der Waals surface area contributed by atoms with Crippen molar-refractivity contribution < 1.29 is 4.79 Å². The quantitative estimate of drug-likeness (QED) is 0.877. The minimum Gasteiger partial charge on any atom is -0.353 e. The van der Waals surface area contributed by atoms with Gasteiger partial charge >= 0.3 is 0 Å². The van der Waals surface area contributed by atoms with Crippen molar-refractivity contribution in [3.63, 3.8) is 0 Å². The largest absolute Gasteiger partial charge is 0.353 e. The molecular formula is C17H27N3OS. The highest BCUT2D eigenvalue weighted by Gasteiger charge is 2.26. The number of hydrogen-bond acceptors (Lipinski definition) is 3. The second-order valence-electron chi connectivity index (χ2n) is 7.46. The number of imidazole rings is 1. The summed E-state index contributed by atoms with van der Waals surface area (Å²) < 4.78 is 1.97. The highest BCUT2D eigenvalue weighted by atomic mass is 32.1. The molecule has 0 aliphatic rings. The summed E-state index contributed by atoms with van der Waals surface area (Å²) in [6.45, 7) is 11.0. The van der Waals surface area contributed by atoms with Crippen molar-refractivity contribution >= 4 is 22.2 Å². The predicted molar refractivity (Wildman–Crippen MR) is 92.2 cm³/mol. The Hall–Kier alpha value is -1.36. The fourth-order valence-electron chi connectivity index (χ4n) is 2.49. The molecule has 0 saturated heterocycles. The summed E-state index contributed by atoms with van der Waals surface area (Å²) >= 11 is 1.58. The van der Waals surface area contributed by atoms with Gasteiger partial charge < -0.3 is 5.32 Å². The third-order valence-electron chi connectivity index (χ3n) is 3.90. The highest BCUT2D eigenvalue weighted by Crippen LogP contribution is 2.24. The van der Waals surface area contributed by atoms with Crippen LogP contribution in [0.3, 0.4) is 0 Å². The maximum atomic E-state index is 12.4. The Balaban J connectivity index is 1.96. The minimum atomic E-state index is 0.0643. The number of rotatable bonds is 6. The molecule has 0 fully saturated rings. The smallest absolute Gasteiger partial charge is 0.226 e. The van der Waals surface area contributed by atoms with Crippen LogP contribution < -0.4 is 5.32 Å². The van der Waals surface area contributed by atoms with Gasteiger partial charge in [-0.05, 0) is 24.2 Å². The Morgan fingerprint density at radius 3 is 2.68 bits per heavy atom. The second kappa shape index (κ2) is 6.82. The van der Waals surface area contributed by atoms with Crippen LogP contribution >= 0.6 is 11.3 Å². The average molecular weight is 321 g/mol. The van der Waals surface area contributed by atoms with Gasteiger partial charge in [0.1, 0.15) is 0 Å². The first kappa shape index (κ1) is 17.0. The monoisotopic (exact) mass is 321 g/mol. The fourth-order valence-corrected chi connectivity index (χ4v) is 3.21. The SMILES string of the molecule is CC(C)CCC(NC(=O)Cc1cn2ccsc2n1)C(C)(C)C. The molecule has 0 radical (unpaired) electrons. The molecule has 1 N–H and O–H groups in total. The predicted octanol–water partition coefficient (Wildman–Crippen LogP) is 3.91. The van der Waals surface area contributed by atoms with E-state index in [1.54, 1.807) is 11.3 Å². The van der Waals surface area contributed by atoms with E-state index in [0.717, 1.165) is 23.5 Å². The maximum Gasteiger partial charge on any atom is 0.226 e. The van der Waals surface area contributed by atoms with Crippen LogP contribution in [0.1, 0.15) is 53.2 Å². The number of amides is 1. The van der Waals surface area contributed by atoms with Crippen molar-refractivity contribution in [3.8, 4) is 0 Å². The van der Waals surface area contributed by atoms with Gasteiger partial charge in [0.05, 0.1) is 12.1 Å². The van der Waals surface area contributed by atoms with Crippen molar-refractivity contribution in [1.29, 1.82) is 0 Å². The van der Waals surface area contributed by atoms with Crippen LogP contribution in [0.5, 0.6) is 0 Å². The standard InChI is InChI=1S/C17H27N3OS/c1-12(2)6-7-14(17(3,4)5)19-15(21)10-13-11-20-8-9-22-16(20)18-13/h8-9,11-12,14H,6-7,10H2,1-5H3,(H,19,21). The normalized spacial score (nSPS) is 13.7. The fraction of sp³-hybridized carbons (Fsp3) is 0.647. The minimum absolute atomic E-state index is 0.0643. The van der Waals surface area contributed by atoms with Crippen molar-refractivity contribution in [2.75, 3.05) is 0 Å². The third kappa shape index (κ3) is 4.57. The van der Waals surface area contributed by atoms with Crippen LogP contribution in [0, 0.1) is 11.3 Å². The second-order valence-corrected chi connectivity index (χ2v) is 8.33. The zero-order chi connectivity index (χ0) is 16.3. The van der Waals surface area contributed by atoms with Crippen LogP contribution in [-0.2, 0) is 11.2 Å². The zero-order valence-corrected chi connectivity index (χ0v) is 15.0. The van der Waals surface area contributed by atoms with E-state index in [2.05, 4.69) is 44.9 Å². The molecule has 2 rings (SSSR count). The first-order valence-corrected chi connectivity index (χ1v) is 8.84. The van der Waals surface area contributed by atoms with Crippen LogP contribution in [0.2, 0.25) is 0 Å². The molecule has 1 amide bonds. The van der Waals surface area contributed by atoms with Gasteiger partial charge in [-0.25, -0.2) is 4.98 Å². The van der Waals surface area contributed by atoms with E-state index in [1.807, 2.05) is 22.2 Å². The summed E-state index contributed by atoms with van der Waals surface area (Å²) in [5.41, 5.74) is 0.903. The number of aromatic nitrogens is 2. The summed E-state index contributed by atoms with van der Waals surface area (Å²) in [5.74, 6) is 0.719. The molecule has 0 aliphatic heterocycles. The third-order valence-corrected chi connectivity index (χ3v) is 4.67. The summed E-state index contributed by atoms with van der Waals surface area (Å²) in [4.78, 5) is 17.8. The summed E-state index contributed by atoms with van der Waals surface area (Å²) in [6, 6.07) is 0.200. The molecule has 0 aliphatic carbocycles. The Morgan fingerprint density at radius 2 is 2.09 bits per heavy atom. The Kier molecular flexibility index (Phi) is 5.27. The van der Waals surface area contributed by atoms with Gasteiger partial charge in [0.25, 0.3) is 0 Å². The molecule has 0 bridgehead atoms. The number of nitrogens with zero attached hydrogens (tertiary/aromatic N) is 2. The van der Waals surface area contributed by atoms with Gasteiger partial charge in [-0.2, -0.15) is 0 Å². The van der Waals surface area contributed by atoms with E-state index < -0.39 is 0 Å². The van der Waals surface area contributed by atoms with Gasteiger partial charge in [-0.15, -0.1) is 11.3 Å². The highest BCUT2D eigenvalue weighted by molar-refractivity contribution is 7.15. The van der Waals surface area contributed by atoms with Crippen LogP contribution in [0.25, 0.3) is 4.96 Å². The van der Waals surface area contributed by atoms with E-state index in [1.165, 1.54) is 0 Å². The molecule has 0 spiro atoms. The Morgan fingerprint density at radius 1 is 1.36 bits per heavy atom. The lowest BCUT2D eigenvalue weighted by Gasteiger charge is -2.32. The number of carbonyl (C=O) groups excluding carboxylic acids is 1. The number of hydrogen-bond donors (Lipinski definition) is 1. The topological polar surface area (TPSA) is 46.4 Å². The van der Waals surface area contributed by atoms with E-state index in [0.29, 0.717) is 12.3 Å². The average Bonchev–Trinajstić information content (AvgIpc) is 2.93. The zero-order valence-electron chi connectivity index (χ0n) is 14.2. The molecule has 5 heteroatoms. The summed E-state index contributed by atoms with van der Waals surface area (Å²) in [5, 5.41) is 5.21. The maximum absolute atomic E-state index is 12.4. The molecule has 1 atom stereocenters. The van der Waals surface area contributed by atoms with E-state index in [4.69, 9.17) is 0 Å². The molecule has 0 saturated carbocycles. The molecule has 2 aromatic heterocycles. The van der Waals surface area contributed by atoms with E-state index >= 15 is 0 Å². The van der Waals surface area contributed by atoms with Crippen molar-refractivity contribution in [2.24, 2.45) is 11.3 Å². The van der Waals surface area contributed by atoms with Gasteiger partial charge in [-0.3, -0.25) is 9.20 Å². The van der Waals surface area contributed by atoms with Crippen LogP contribution in [-0.4, -0.2) is 21.3 Å². The van der Waals surface area contributed by atoms with E-state index in [-0.39, 0.29) is 17.4 Å². The van der Waals surface area contributed by atoms with Crippen molar-refractivity contribution in [1.82, 2.24) is 14.7 Å². The Labute approximate surface area is 137 Å². The van der Waals surface area contributed by atoms with Gasteiger partial charge in [-0.1, -0.05) is 34.6 Å². The number of fused-ring (bicyclic) bond motifs is 1. The lowest BCUT2D eigenvalue weighted by molar-refractivity contribution is -0.122. The lowest BCUT2D eigenvalue weighted by atomic mass is 9.82. The molecule has 22 heavy (non-hydrogen) atoms. The first-order chi connectivity index (χ1) is 10.3. The summed E-state index contributed by atoms with van der Waals surface area (Å²) in [7, 11) is 0. The molecule has 122 valence electrons.